The molecule has 2 atom stereocenters. The summed E-state index contributed by atoms with van der Waals surface area (Å²) in [4.78, 5) is 4.83. The first-order valence-corrected chi connectivity index (χ1v) is 15.3. The molecule has 32 heavy (non-hydrogen) atoms. The summed E-state index contributed by atoms with van der Waals surface area (Å²) >= 11 is 0. The highest BCUT2D eigenvalue weighted by Crippen LogP contribution is 2.21. The van der Waals surface area contributed by atoms with Gasteiger partial charge in [0.2, 0.25) is 20.0 Å². The lowest BCUT2D eigenvalue weighted by molar-refractivity contribution is 0.167. The van der Waals surface area contributed by atoms with Crippen LogP contribution in [0.15, 0.2) is 24.3 Å². The lowest BCUT2D eigenvalue weighted by Crippen LogP contribution is -2.40. The summed E-state index contributed by atoms with van der Waals surface area (Å²) in [6.45, 7) is 6.75. The van der Waals surface area contributed by atoms with Crippen LogP contribution in [0.3, 0.4) is 0 Å². The van der Waals surface area contributed by atoms with Crippen LogP contribution in [0.5, 0.6) is 0 Å². The quantitative estimate of drug-likeness (QED) is 0.516. The maximum Gasteiger partial charge on any atom is 0.208 e. The SMILES string of the molecule is CS(=O)(=O)NCC1CCCN(Cc2ccc(CN3CCCC(CNS(C)(=O)=O)C3)cc2)C1. The predicted octanol–water partition coefficient (Wildman–Crippen LogP) is 1.21. The summed E-state index contributed by atoms with van der Waals surface area (Å²) in [6, 6.07) is 8.78. The van der Waals surface area contributed by atoms with Crippen LogP contribution in [0.4, 0.5) is 0 Å². The van der Waals surface area contributed by atoms with Crippen LogP contribution in [0.2, 0.25) is 0 Å². The van der Waals surface area contributed by atoms with E-state index in [9.17, 15) is 16.8 Å². The molecule has 2 aliphatic heterocycles. The summed E-state index contributed by atoms with van der Waals surface area (Å²) < 4.78 is 50.7. The van der Waals surface area contributed by atoms with Gasteiger partial charge in [0.15, 0.2) is 0 Å². The molecule has 2 N–H and O–H groups in total. The molecule has 0 spiro atoms. The van der Waals surface area contributed by atoms with E-state index < -0.39 is 20.0 Å². The number of benzene rings is 1. The Morgan fingerprint density at radius 2 is 1.12 bits per heavy atom. The Labute approximate surface area is 193 Å². The van der Waals surface area contributed by atoms with Gasteiger partial charge in [0.05, 0.1) is 12.5 Å². The molecule has 1 aromatic rings. The van der Waals surface area contributed by atoms with Crippen molar-refractivity contribution < 1.29 is 16.8 Å². The molecule has 0 aliphatic carbocycles. The van der Waals surface area contributed by atoms with E-state index in [2.05, 4.69) is 43.5 Å². The third-order valence-electron chi connectivity index (χ3n) is 6.31. The molecule has 8 nitrogen and oxygen atoms in total. The summed E-state index contributed by atoms with van der Waals surface area (Å²) in [5.74, 6) is 0.726. The second-order valence-electron chi connectivity index (χ2n) is 9.54. The van der Waals surface area contributed by atoms with Gasteiger partial charge in [0.25, 0.3) is 0 Å². The van der Waals surface area contributed by atoms with Gasteiger partial charge in [-0.3, -0.25) is 9.80 Å². The van der Waals surface area contributed by atoms with Gasteiger partial charge in [0.1, 0.15) is 0 Å². The van der Waals surface area contributed by atoms with Crippen LogP contribution in [0, 0.1) is 11.8 Å². The van der Waals surface area contributed by atoms with Crippen molar-refractivity contribution in [1.82, 2.24) is 19.2 Å². The molecule has 3 rings (SSSR count). The molecular formula is C22H38N4O4S2. The Morgan fingerprint density at radius 1 is 0.750 bits per heavy atom. The number of hydrogen-bond acceptors (Lipinski definition) is 6. The fourth-order valence-corrected chi connectivity index (χ4v) is 5.80. The normalized spacial score (nSPS) is 23.9. The molecule has 0 amide bonds. The lowest BCUT2D eigenvalue weighted by atomic mass is 9.97. The maximum atomic E-state index is 11.4. The van der Waals surface area contributed by atoms with Crippen molar-refractivity contribution in [2.24, 2.45) is 11.8 Å². The van der Waals surface area contributed by atoms with Gasteiger partial charge in [-0.25, -0.2) is 26.3 Å². The number of rotatable bonds is 10. The van der Waals surface area contributed by atoms with Gasteiger partial charge in [-0.05, 0) is 61.7 Å². The molecule has 1 aromatic carbocycles. The van der Waals surface area contributed by atoms with Gasteiger partial charge in [-0.1, -0.05) is 24.3 Å². The first-order valence-electron chi connectivity index (χ1n) is 11.5. The number of likely N-dealkylation sites (tertiary alicyclic amines) is 2. The van der Waals surface area contributed by atoms with Crippen molar-refractivity contribution in [3.05, 3.63) is 35.4 Å². The Balaban J connectivity index is 1.45. The average Bonchev–Trinajstić information content (AvgIpc) is 2.72. The zero-order chi connectivity index (χ0) is 23.2. The number of nitrogens with zero attached hydrogens (tertiary/aromatic N) is 2. The Kier molecular flexibility index (Phi) is 9.11. The zero-order valence-corrected chi connectivity index (χ0v) is 20.9. The first kappa shape index (κ1) is 25.6. The molecule has 10 heteroatoms. The highest BCUT2D eigenvalue weighted by atomic mass is 32.2. The fraction of sp³-hybridized carbons (Fsp3) is 0.727. The molecule has 182 valence electrons. The average molecular weight is 487 g/mol. The number of piperidine rings is 2. The standard InChI is InChI=1S/C22H38N4O4S2/c1-31(27,28)23-13-21-5-3-11-25(17-21)15-19-7-9-20(10-8-19)16-26-12-4-6-22(18-26)14-24-32(2,29)30/h7-10,21-24H,3-6,11-18H2,1-2H3. The van der Waals surface area contributed by atoms with E-state index in [1.807, 2.05) is 0 Å². The van der Waals surface area contributed by atoms with Gasteiger partial charge < -0.3 is 0 Å². The highest BCUT2D eigenvalue weighted by molar-refractivity contribution is 7.89. The van der Waals surface area contributed by atoms with Crippen LogP contribution in [0.25, 0.3) is 0 Å². The Hall–Kier alpha value is -1.04. The van der Waals surface area contributed by atoms with Gasteiger partial charge in [0, 0.05) is 39.3 Å². The lowest BCUT2D eigenvalue weighted by Gasteiger charge is -2.33. The number of nitrogens with one attached hydrogen (secondary N) is 2. The smallest absolute Gasteiger partial charge is 0.208 e. The van der Waals surface area contributed by atoms with Crippen molar-refractivity contribution >= 4 is 20.0 Å². The second-order valence-corrected chi connectivity index (χ2v) is 13.2. The van der Waals surface area contributed by atoms with Crippen molar-refractivity contribution in [2.45, 2.75) is 38.8 Å². The van der Waals surface area contributed by atoms with Crippen molar-refractivity contribution in [3.63, 3.8) is 0 Å². The van der Waals surface area contributed by atoms with Crippen LogP contribution in [-0.2, 0) is 33.1 Å². The predicted molar refractivity (Wildman–Crippen MR) is 128 cm³/mol. The number of hydrogen-bond donors (Lipinski definition) is 2. The largest absolute Gasteiger partial charge is 0.299 e. The van der Waals surface area contributed by atoms with E-state index in [-0.39, 0.29) is 0 Å². The molecule has 2 fully saturated rings. The molecular weight excluding hydrogens is 448 g/mol. The summed E-state index contributed by atoms with van der Waals surface area (Å²) in [6.07, 6.45) is 6.75. The number of sulfonamides is 2. The van der Waals surface area contributed by atoms with Crippen LogP contribution in [0.1, 0.15) is 36.8 Å². The molecule has 2 heterocycles. The molecule has 2 aliphatic rings. The van der Waals surface area contributed by atoms with E-state index in [4.69, 9.17) is 0 Å². The molecule has 0 saturated carbocycles. The van der Waals surface area contributed by atoms with E-state index in [1.54, 1.807) is 0 Å². The van der Waals surface area contributed by atoms with E-state index in [0.717, 1.165) is 65.0 Å². The first-order chi connectivity index (χ1) is 15.1. The molecule has 0 bridgehead atoms. The van der Waals surface area contributed by atoms with E-state index >= 15 is 0 Å². The summed E-state index contributed by atoms with van der Waals surface area (Å²) in [5, 5.41) is 0. The van der Waals surface area contributed by atoms with Gasteiger partial charge >= 0.3 is 0 Å². The van der Waals surface area contributed by atoms with E-state index in [1.165, 1.54) is 23.6 Å². The van der Waals surface area contributed by atoms with E-state index in [0.29, 0.717) is 24.9 Å². The van der Waals surface area contributed by atoms with Gasteiger partial charge in [-0.15, -0.1) is 0 Å². The molecule has 0 radical (unpaired) electrons. The monoisotopic (exact) mass is 486 g/mol. The third-order valence-corrected chi connectivity index (χ3v) is 7.69. The maximum absolute atomic E-state index is 11.4. The molecule has 2 unspecified atom stereocenters. The van der Waals surface area contributed by atoms with Gasteiger partial charge in [-0.2, -0.15) is 0 Å². The molecule has 0 aromatic heterocycles. The molecule has 2 saturated heterocycles. The van der Waals surface area contributed by atoms with Crippen LogP contribution < -0.4 is 9.44 Å². The zero-order valence-electron chi connectivity index (χ0n) is 19.3. The van der Waals surface area contributed by atoms with Crippen molar-refractivity contribution in [3.8, 4) is 0 Å². The van der Waals surface area contributed by atoms with Crippen molar-refractivity contribution in [2.75, 3.05) is 51.8 Å². The fourth-order valence-electron chi connectivity index (χ4n) is 4.73. The summed E-state index contributed by atoms with van der Waals surface area (Å²) in [7, 11) is -6.27. The van der Waals surface area contributed by atoms with Crippen LogP contribution in [-0.4, -0.2) is 78.4 Å². The highest BCUT2D eigenvalue weighted by Gasteiger charge is 2.22. The minimum Gasteiger partial charge on any atom is -0.299 e. The summed E-state index contributed by atoms with van der Waals surface area (Å²) in [5.41, 5.74) is 2.55. The third kappa shape index (κ3) is 9.44. The topological polar surface area (TPSA) is 98.8 Å². The van der Waals surface area contributed by atoms with Crippen LogP contribution >= 0.6 is 0 Å². The van der Waals surface area contributed by atoms with Crippen molar-refractivity contribution in [1.29, 1.82) is 0 Å². The Bertz CT molecular complexity index is 858. The second kappa shape index (κ2) is 11.4. The minimum absolute atomic E-state index is 0.363. The minimum atomic E-state index is -3.13. The Morgan fingerprint density at radius 3 is 1.47 bits per heavy atom.